The smallest absolute Gasteiger partial charge is 0.262 e. The second kappa shape index (κ2) is 11.7. The summed E-state index contributed by atoms with van der Waals surface area (Å²) in [5.41, 5.74) is 4.63. The van der Waals surface area contributed by atoms with Crippen LogP contribution in [0.4, 0.5) is 11.4 Å². The molecule has 0 aliphatic carbocycles. The quantitative estimate of drug-likeness (QED) is 0.458. The topological polar surface area (TPSA) is 44.8 Å². The van der Waals surface area contributed by atoms with E-state index in [2.05, 4.69) is 83.6 Å². The van der Waals surface area contributed by atoms with Gasteiger partial charge in [-0.05, 0) is 59.9 Å². The van der Waals surface area contributed by atoms with Crippen LogP contribution in [0.5, 0.6) is 5.75 Å². The summed E-state index contributed by atoms with van der Waals surface area (Å²) >= 11 is 0. The minimum absolute atomic E-state index is 0.00615. The first-order valence-electron chi connectivity index (χ1n) is 12.2. The minimum atomic E-state index is -0.159. The van der Waals surface area contributed by atoms with Crippen LogP contribution in [0, 0.1) is 0 Å². The van der Waals surface area contributed by atoms with E-state index in [9.17, 15) is 4.79 Å². The molecule has 0 spiro atoms. The third-order valence-corrected chi connectivity index (χ3v) is 6.57. The summed E-state index contributed by atoms with van der Waals surface area (Å²) in [6.45, 7) is 9.48. The molecule has 0 radical (unpaired) electrons. The Balaban J connectivity index is 1.21. The second-order valence-corrected chi connectivity index (χ2v) is 9.01. The third kappa shape index (κ3) is 6.61. The highest BCUT2D eigenvalue weighted by Crippen LogP contribution is 2.22. The lowest BCUT2D eigenvalue weighted by Gasteiger charge is -2.36. The molecule has 1 atom stereocenters. The Morgan fingerprint density at radius 2 is 1.59 bits per heavy atom. The maximum absolute atomic E-state index is 12.3. The van der Waals surface area contributed by atoms with Gasteiger partial charge in [-0.1, -0.05) is 56.3 Å². The molecule has 3 aromatic carbocycles. The van der Waals surface area contributed by atoms with Crippen molar-refractivity contribution in [3.8, 4) is 5.75 Å². The molecule has 5 nitrogen and oxygen atoms in total. The Morgan fingerprint density at radius 3 is 2.24 bits per heavy atom. The average molecular weight is 458 g/mol. The van der Waals surface area contributed by atoms with E-state index in [1.54, 1.807) is 0 Å². The lowest BCUT2D eigenvalue weighted by molar-refractivity contribution is -0.118. The van der Waals surface area contributed by atoms with Crippen molar-refractivity contribution in [3.63, 3.8) is 0 Å². The van der Waals surface area contributed by atoms with E-state index < -0.39 is 0 Å². The zero-order valence-corrected chi connectivity index (χ0v) is 20.2. The van der Waals surface area contributed by atoms with E-state index in [0.29, 0.717) is 11.7 Å². The Labute approximate surface area is 203 Å². The molecule has 0 aromatic heterocycles. The first kappa shape index (κ1) is 23.8. The number of hydrogen-bond donors (Lipinski definition) is 1. The van der Waals surface area contributed by atoms with Gasteiger partial charge in [0, 0.05) is 44.1 Å². The van der Waals surface area contributed by atoms with Gasteiger partial charge in [0.15, 0.2) is 6.61 Å². The molecule has 1 heterocycles. The van der Waals surface area contributed by atoms with Gasteiger partial charge in [-0.15, -0.1) is 0 Å². The first-order valence-corrected chi connectivity index (χ1v) is 12.2. The molecule has 5 heteroatoms. The predicted molar refractivity (Wildman–Crippen MR) is 140 cm³/mol. The molecule has 3 aromatic rings. The Bertz CT molecular complexity index is 1030. The zero-order valence-electron chi connectivity index (χ0n) is 20.2. The molecule has 1 unspecified atom stereocenters. The van der Waals surface area contributed by atoms with Gasteiger partial charge >= 0.3 is 0 Å². The third-order valence-electron chi connectivity index (χ3n) is 6.57. The molecule has 34 heavy (non-hydrogen) atoms. The van der Waals surface area contributed by atoms with Gasteiger partial charge < -0.3 is 15.0 Å². The van der Waals surface area contributed by atoms with Crippen molar-refractivity contribution in [1.82, 2.24) is 4.90 Å². The van der Waals surface area contributed by atoms with Gasteiger partial charge in [-0.25, -0.2) is 0 Å². The lowest BCUT2D eigenvalue weighted by Crippen LogP contribution is -2.45. The minimum Gasteiger partial charge on any atom is -0.484 e. The number of ether oxygens (including phenoxy) is 1. The molecule has 1 aliphatic heterocycles. The molecular weight excluding hydrogens is 422 g/mol. The number of carbonyl (C=O) groups is 1. The Hall–Kier alpha value is -3.31. The van der Waals surface area contributed by atoms with Gasteiger partial charge in [0.1, 0.15) is 5.75 Å². The molecule has 178 valence electrons. The summed E-state index contributed by atoms with van der Waals surface area (Å²) in [5, 5.41) is 2.92. The van der Waals surface area contributed by atoms with E-state index >= 15 is 0 Å². The molecule has 1 saturated heterocycles. The van der Waals surface area contributed by atoms with Crippen LogP contribution in [0.1, 0.15) is 37.3 Å². The van der Waals surface area contributed by atoms with Crippen molar-refractivity contribution in [2.75, 3.05) is 43.0 Å². The molecule has 1 N–H and O–H groups in total. The highest BCUT2D eigenvalue weighted by molar-refractivity contribution is 5.92. The molecule has 1 aliphatic rings. The van der Waals surface area contributed by atoms with Gasteiger partial charge in [0.25, 0.3) is 5.91 Å². The van der Waals surface area contributed by atoms with Crippen molar-refractivity contribution in [2.24, 2.45) is 0 Å². The number of nitrogens with one attached hydrogen (secondary N) is 1. The van der Waals surface area contributed by atoms with Crippen LogP contribution in [0.15, 0.2) is 78.9 Å². The first-order chi connectivity index (χ1) is 16.6. The van der Waals surface area contributed by atoms with Crippen LogP contribution >= 0.6 is 0 Å². The number of amides is 1. The number of carbonyl (C=O) groups excluding carboxylic acids is 1. The monoisotopic (exact) mass is 457 g/mol. The fraction of sp³-hybridized carbons (Fsp3) is 0.345. The molecule has 0 saturated carbocycles. The van der Waals surface area contributed by atoms with Crippen molar-refractivity contribution < 1.29 is 9.53 Å². The summed E-state index contributed by atoms with van der Waals surface area (Å²) in [6, 6.07) is 26.7. The van der Waals surface area contributed by atoms with E-state index in [1.807, 2.05) is 24.3 Å². The van der Waals surface area contributed by atoms with Crippen LogP contribution in [-0.4, -0.2) is 43.6 Å². The van der Waals surface area contributed by atoms with E-state index in [4.69, 9.17) is 4.74 Å². The molecular formula is C29H35N3O2. The van der Waals surface area contributed by atoms with Crippen LogP contribution in [0.25, 0.3) is 0 Å². The second-order valence-electron chi connectivity index (χ2n) is 9.01. The number of anilines is 2. The van der Waals surface area contributed by atoms with Crippen molar-refractivity contribution in [3.05, 3.63) is 90.0 Å². The normalized spacial score (nSPS) is 15.1. The number of hydrogen-bond acceptors (Lipinski definition) is 4. The largest absolute Gasteiger partial charge is 0.484 e. The molecule has 1 amide bonds. The number of benzene rings is 3. The Morgan fingerprint density at radius 1 is 0.912 bits per heavy atom. The fourth-order valence-electron chi connectivity index (χ4n) is 4.24. The number of rotatable bonds is 9. The summed E-state index contributed by atoms with van der Waals surface area (Å²) < 4.78 is 5.65. The lowest BCUT2D eigenvalue weighted by atomic mass is 9.99. The maximum Gasteiger partial charge on any atom is 0.262 e. The predicted octanol–water partition coefficient (Wildman–Crippen LogP) is 5.54. The number of nitrogens with zero attached hydrogens (tertiary/aromatic N) is 2. The standard InChI is InChI=1S/C29H35N3O2/c1-3-23(2)25-9-15-28(16-10-25)34-22-29(33)30-26-11-13-27(14-12-26)32-19-17-31(18-20-32)21-24-7-5-4-6-8-24/h4-16,23H,3,17-22H2,1-2H3,(H,30,33). The highest BCUT2D eigenvalue weighted by atomic mass is 16.5. The van der Waals surface area contributed by atoms with Gasteiger partial charge in [-0.2, -0.15) is 0 Å². The molecule has 4 rings (SSSR count). The summed E-state index contributed by atoms with van der Waals surface area (Å²) in [5.74, 6) is 1.08. The van der Waals surface area contributed by atoms with E-state index in [-0.39, 0.29) is 12.5 Å². The van der Waals surface area contributed by atoms with Crippen LogP contribution in [0.2, 0.25) is 0 Å². The van der Waals surface area contributed by atoms with Crippen molar-refractivity contribution >= 4 is 17.3 Å². The van der Waals surface area contributed by atoms with Gasteiger partial charge in [-0.3, -0.25) is 9.69 Å². The van der Waals surface area contributed by atoms with Crippen LogP contribution in [-0.2, 0) is 11.3 Å². The van der Waals surface area contributed by atoms with Crippen LogP contribution < -0.4 is 15.0 Å². The van der Waals surface area contributed by atoms with Crippen molar-refractivity contribution in [1.29, 1.82) is 0 Å². The van der Waals surface area contributed by atoms with Gasteiger partial charge in [0.2, 0.25) is 0 Å². The van der Waals surface area contributed by atoms with Crippen molar-refractivity contribution in [2.45, 2.75) is 32.7 Å². The SMILES string of the molecule is CCC(C)c1ccc(OCC(=O)Nc2ccc(N3CCN(Cc4ccccc4)CC3)cc2)cc1. The molecule has 0 bridgehead atoms. The van der Waals surface area contributed by atoms with Crippen LogP contribution in [0.3, 0.4) is 0 Å². The fourth-order valence-corrected chi connectivity index (χ4v) is 4.24. The summed E-state index contributed by atoms with van der Waals surface area (Å²) in [7, 11) is 0. The number of piperazine rings is 1. The Kier molecular flexibility index (Phi) is 8.21. The summed E-state index contributed by atoms with van der Waals surface area (Å²) in [4.78, 5) is 17.2. The summed E-state index contributed by atoms with van der Waals surface area (Å²) in [6.07, 6.45) is 1.10. The van der Waals surface area contributed by atoms with Gasteiger partial charge in [0.05, 0.1) is 0 Å². The van der Waals surface area contributed by atoms with E-state index in [0.717, 1.165) is 44.8 Å². The highest BCUT2D eigenvalue weighted by Gasteiger charge is 2.17. The zero-order chi connectivity index (χ0) is 23.8. The maximum atomic E-state index is 12.3. The average Bonchev–Trinajstić information content (AvgIpc) is 2.89. The van der Waals surface area contributed by atoms with E-state index in [1.165, 1.54) is 16.8 Å². The molecule has 1 fully saturated rings.